The molecule has 0 saturated carbocycles. The molecule has 3 N–H and O–H groups in total. The quantitative estimate of drug-likeness (QED) is 0.689. The van der Waals surface area contributed by atoms with E-state index in [1.807, 2.05) is 0 Å². The molecule has 8 heteroatoms. The third kappa shape index (κ3) is 5.06. The molecule has 0 fully saturated rings. The Morgan fingerprint density at radius 1 is 1.38 bits per heavy atom. The van der Waals surface area contributed by atoms with Gasteiger partial charge in [0.15, 0.2) is 11.5 Å². The molecule has 0 aliphatic carbocycles. The number of rotatable bonds is 6. The van der Waals surface area contributed by atoms with E-state index in [1.54, 1.807) is 38.1 Å². The molecule has 1 aliphatic heterocycles. The number of allylic oxidation sites excluding steroid dienone is 1. The smallest absolute Gasteiger partial charge is 0.287 e. The van der Waals surface area contributed by atoms with Gasteiger partial charge in [0.05, 0.1) is 13.7 Å². The van der Waals surface area contributed by atoms with Crippen LogP contribution >= 0.6 is 0 Å². The monoisotopic (exact) mass is 362 g/mol. The van der Waals surface area contributed by atoms with Gasteiger partial charge in [-0.25, -0.2) is 0 Å². The Kier molecular flexibility index (Phi) is 5.99. The Morgan fingerprint density at radius 2 is 2.12 bits per heavy atom. The number of ether oxygens (including phenoxy) is 2. The predicted molar refractivity (Wildman–Crippen MR) is 93.5 cm³/mol. The number of methoxy groups -OCH3 is 1. The Balaban J connectivity index is 2.04. The van der Waals surface area contributed by atoms with E-state index in [9.17, 15) is 19.5 Å². The summed E-state index contributed by atoms with van der Waals surface area (Å²) >= 11 is 0. The molecule has 26 heavy (non-hydrogen) atoms. The van der Waals surface area contributed by atoms with Gasteiger partial charge in [-0.05, 0) is 26.0 Å². The predicted octanol–water partition coefficient (Wildman–Crippen LogP) is 0.763. The van der Waals surface area contributed by atoms with Gasteiger partial charge in [0.25, 0.3) is 5.91 Å². The van der Waals surface area contributed by atoms with Gasteiger partial charge in [-0.2, -0.15) is 0 Å². The number of carbonyl (C=O) groups excluding carboxylic acids is 3. The normalized spacial score (nSPS) is 16.8. The Morgan fingerprint density at radius 3 is 2.73 bits per heavy atom. The minimum atomic E-state index is -1.21. The van der Waals surface area contributed by atoms with Crippen LogP contribution in [0.4, 0.5) is 5.69 Å². The Bertz CT molecular complexity index is 741. The minimum absolute atomic E-state index is 0.156. The summed E-state index contributed by atoms with van der Waals surface area (Å²) in [7, 11) is 1.50. The first-order chi connectivity index (χ1) is 12.2. The van der Waals surface area contributed by atoms with Gasteiger partial charge < -0.3 is 25.2 Å². The van der Waals surface area contributed by atoms with E-state index < -0.39 is 30.1 Å². The van der Waals surface area contributed by atoms with Crippen LogP contribution in [0.3, 0.4) is 0 Å². The molecule has 1 aliphatic rings. The third-order valence-corrected chi connectivity index (χ3v) is 3.64. The van der Waals surface area contributed by atoms with Crippen LogP contribution in [0, 0.1) is 0 Å². The minimum Gasteiger partial charge on any atom is -0.497 e. The molecule has 8 nitrogen and oxygen atoms in total. The Hall–Kier alpha value is -2.87. The highest BCUT2D eigenvalue weighted by Crippen LogP contribution is 2.24. The topological polar surface area (TPSA) is 114 Å². The number of carbonyl (C=O) groups is 3. The third-order valence-electron chi connectivity index (χ3n) is 3.64. The van der Waals surface area contributed by atoms with Crippen molar-refractivity contribution in [2.75, 3.05) is 19.0 Å². The second kappa shape index (κ2) is 8.01. The van der Waals surface area contributed by atoms with Crippen molar-refractivity contribution in [3.63, 3.8) is 0 Å². The van der Waals surface area contributed by atoms with Crippen LogP contribution in [0.15, 0.2) is 36.1 Å². The number of anilines is 1. The van der Waals surface area contributed by atoms with Gasteiger partial charge in [0.1, 0.15) is 17.4 Å². The number of ketones is 1. The van der Waals surface area contributed by atoms with Crippen molar-refractivity contribution in [3.05, 3.63) is 36.1 Å². The van der Waals surface area contributed by atoms with Crippen LogP contribution in [-0.2, 0) is 19.1 Å². The number of amides is 2. The lowest BCUT2D eigenvalue weighted by molar-refractivity contribution is -0.133. The van der Waals surface area contributed by atoms with Crippen LogP contribution in [0.1, 0.15) is 20.3 Å². The van der Waals surface area contributed by atoms with Crippen LogP contribution in [0.25, 0.3) is 0 Å². The van der Waals surface area contributed by atoms with Gasteiger partial charge in [-0.1, -0.05) is 6.07 Å². The first-order valence-electron chi connectivity index (χ1n) is 8.04. The van der Waals surface area contributed by atoms with E-state index in [2.05, 4.69) is 10.6 Å². The van der Waals surface area contributed by atoms with Crippen molar-refractivity contribution in [2.45, 2.75) is 31.9 Å². The molecule has 0 radical (unpaired) electrons. The molecule has 0 aromatic heterocycles. The maximum absolute atomic E-state index is 12.3. The highest BCUT2D eigenvalue weighted by molar-refractivity contribution is 6.04. The maximum atomic E-state index is 12.3. The van der Waals surface area contributed by atoms with Crippen LogP contribution in [-0.4, -0.2) is 48.1 Å². The number of aliphatic hydroxyl groups is 1. The fourth-order valence-corrected chi connectivity index (χ4v) is 2.45. The van der Waals surface area contributed by atoms with Crippen LogP contribution in [0.2, 0.25) is 0 Å². The zero-order chi connectivity index (χ0) is 19.3. The summed E-state index contributed by atoms with van der Waals surface area (Å²) in [5, 5.41) is 14.4. The summed E-state index contributed by atoms with van der Waals surface area (Å²) in [4.78, 5) is 36.3. The zero-order valence-electron chi connectivity index (χ0n) is 14.9. The molecule has 0 spiro atoms. The molecular formula is C18H22N2O6. The van der Waals surface area contributed by atoms with Crippen molar-refractivity contribution in [1.29, 1.82) is 0 Å². The molecule has 0 bridgehead atoms. The molecule has 2 rings (SSSR count). The van der Waals surface area contributed by atoms with E-state index in [1.165, 1.54) is 7.11 Å². The van der Waals surface area contributed by atoms with Gasteiger partial charge in [-0.3, -0.25) is 14.4 Å². The van der Waals surface area contributed by atoms with Gasteiger partial charge in [0, 0.05) is 24.3 Å². The molecule has 1 aromatic carbocycles. The van der Waals surface area contributed by atoms with Crippen molar-refractivity contribution >= 4 is 23.3 Å². The number of nitrogens with one attached hydrogen (secondary N) is 2. The standard InChI is InChI=1S/C18H22N2O6/c1-18(2)9-12(22)8-15(26-18)17(24)20-14(10-21)16(23)19-11-5-4-6-13(7-11)25-3/h4-8,14,21H,9-10H2,1-3H3,(H,19,23)(H,20,24). The van der Waals surface area contributed by atoms with E-state index in [-0.39, 0.29) is 18.0 Å². The molecular weight excluding hydrogens is 340 g/mol. The molecule has 1 heterocycles. The summed E-state index contributed by atoms with van der Waals surface area (Å²) in [6.45, 7) is 2.75. The van der Waals surface area contributed by atoms with Gasteiger partial charge in [0.2, 0.25) is 5.91 Å². The largest absolute Gasteiger partial charge is 0.497 e. The van der Waals surface area contributed by atoms with Crippen molar-refractivity contribution in [2.24, 2.45) is 0 Å². The van der Waals surface area contributed by atoms with Gasteiger partial charge >= 0.3 is 0 Å². The summed E-state index contributed by atoms with van der Waals surface area (Å²) < 4.78 is 10.5. The first kappa shape index (κ1) is 19.5. The fourth-order valence-electron chi connectivity index (χ4n) is 2.45. The van der Waals surface area contributed by atoms with Gasteiger partial charge in [-0.15, -0.1) is 0 Å². The molecule has 1 aromatic rings. The maximum Gasteiger partial charge on any atom is 0.287 e. The van der Waals surface area contributed by atoms with E-state index in [0.29, 0.717) is 11.4 Å². The summed E-state index contributed by atoms with van der Waals surface area (Å²) in [5.41, 5.74) is -0.359. The summed E-state index contributed by atoms with van der Waals surface area (Å²) in [6, 6.07) is 5.44. The Labute approximate surface area is 151 Å². The van der Waals surface area contributed by atoms with Crippen molar-refractivity contribution in [3.8, 4) is 5.75 Å². The zero-order valence-corrected chi connectivity index (χ0v) is 14.9. The first-order valence-corrected chi connectivity index (χ1v) is 8.04. The lowest BCUT2D eigenvalue weighted by atomic mass is 9.98. The molecule has 0 saturated heterocycles. The molecule has 140 valence electrons. The highest BCUT2D eigenvalue weighted by atomic mass is 16.5. The molecule has 1 unspecified atom stereocenters. The average molecular weight is 362 g/mol. The second-order valence-electron chi connectivity index (χ2n) is 6.44. The molecule has 2 amide bonds. The number of benzene rings is 1. The lowest BCUT2D eigenvalue weighted by Crippen LogP contribution is -2.48. The fraction of sp³-hybridized carbons (Fsp3) is 0.389. The SMILES string of the molecule is COc1cccc(NC(=O)C(CO)NC(=O)C2=CC(=O)CC(C)(C)O2)c1. The van der Waals surface area contributed by atoms with Crippen LogP contribution in [0.5, 0.6) is 5.75 Å². The molecule has 1 atom stereocenters. The summed E-state index contributed by atoms with van der Waals surface area (Å²) in [6.07, 6.45) is 1.25. The van der Waals surface area contributed by atoms with E-state index >= 15 is 0 Å². The van der Waals surface area contributed by atoms with Crippen molar-refractivity contribution < 1.29 is 29.0 Å². The number of hydrogen-bond acceptors (Lipinski definition) is 6. The van der Waals surface area contributed by atoms with E-state index in [0.717, 1.165) is 6.08 Å². The number of hydrogen-bond donors (Lipinski definition) is 3. The highest BCUT2D eigenvalue weighted by Gasteiger charge is 2.33. The number of aliphatic hydroxyl groups excluding tert-OH is 1. The van der Waals surface area contributed by atoms with Crippen LogP contribution < -0.4 is 15.4 Å². The second-order valence-corrected chi connectivity index (χ2v) is 6.44. The average Bonchev–Trinajstić information content (AvgIpc) is 2.57. The lowest BCUT2D eigenvalue weighted by Gasteiger charge is -2.30. The van der Waals surface area contributed by atoms with Crippen molar-refractivity contribution in [1.82, 2.24) is 5.32 Å². The summed E-state index contributed by atoms with van der Waals surface area (Å²) in [5.74, 6) is -1.23. The van der Waals surface area contributed by atoms with E-state index in [4.69, 9.17) is 9.47 Å².